The monoisotopic (exact) mass is 312 g/mol. The zero-order chi connectivity index (χ0) is 17.4. The fraction of sp³-hybridized carbons (Fsp3) is 0.316. The van der Waals surface area contributed by atoms with E-state index >= 15 is 0 Å². The van der Waals surface area contributed by atoms with Gasteiger partial charge in [-0.3, -0.25) is 0 Å². The van der Waals surface area contributed by atoms with Gasteiger partial charge in [-0.2, -0.15) is 0 Å². The van der Waals surface area contributed by atoms with E-state index in [1.807, 2.05) is 32.2 Å². The number of anilines is 1. The highest BCUT2D eigenvalue weighted by Crippen LogP contribution is 2.24. The molecule has 0 amide bonds. The van der Waals surface area contributed by atoms with Crippen LogP contribution >= 0.6 is 0 Å². The highest BCUT2D eigenvalue weighted by atomic mass is 15.2. The second-order valence-corrected chi connectivity index (χ2v) is 5.63. The molecule has 0 saturated carbocycles. The van der Waals surface area contributed by atoms with Gasteiger partial charge in [0.2, 0.25) is 0 Å². The lowest BCUT2D eigenvalue weighted by molar-refractivity contribution is 0.366. The molecule has 0 saturated heterocycles. The van der Waals surface area contributed by atoms with Gasteiger partial charge < -0.3 is 16.0 Å². The van der Waals surface area contributed by atoms with Crippen LogP contribution in [0.25, 0.3) is 6.08 Å². The van der Waals surface area contributed by atoms with Crippen molar-refractivity contribution in [3.05, 3.63) is 55.4 Å². The minimum absolute atomic E-state index is 0.343. The molecule has 0 spiro atoms. The summed E-state index contributed by atoms with van der Waals surface area (Å²) in [6.45, 7) is 15.6. The van der Waals surface area contributed by atoms with Crippen molar-refractivity contribution in [2.45, 2.75) is 32.7 Å². The van der Waals surface area contributed by atoms with Crippen LogP contribution in [0.5, 0.6) is 0 Å². The fourth-order valence-electron chi connectivity index (χ4n) is 2.20. The van der Waals surface area contributed by atoms with Crippen molar-refractivity contribution in [2.75, 3.05) is 12.8 Å². The van der Waals surface area contributed by atoms with Gasteiger partial charge in [-0.25, -0.2) is 4.99 Å². The van der Waals surface area contributed by atoms with Crippen LogP contribution in [-0.2, 0) is 0 Å². The quantitative estimate of drug-likeness (QED) is 0.427. The molecule has 4 nitrogen and oxygen atoms in total. The first kappa shape index (κ1) is 18.6. The standard InChI is InChI=1S/C19H28N4/c1-7-17-11-12-18(20)13-19(17)22-16(5)23(6)15(4)10-9-14(3)21-8-2/h7-8,11-13,15,21H,1-3,9-10,20H2,4-6H3/b22-16-. The van der Waals surface area contributed by atoms with E-state index in [2.05, 4.69) is 36.9 Å². The van der Waals surface area contributed by atoms with Crippen molar-refractivity contribution in [2.24, 2.45) is 4.99 Å². The molecule has 1 rings (SSSR count). The third kappa shape index (κ3) is 5.66. The zero-order valence-electron chi connectivity index (χ0n) is 14.5. The second kappa shape index (κ2) is 8.83. The van der Waals surface area contributed by atoms with Crippen LogP contribution in [0.3, 0.4) is 0 Å². The van der Waals surface area contributed by atoms with Gasteiger partial charge in [-0.15, -0.1) is 0 Å². The molecule has 1 aromatic rings. The normalized spacial score (nSPS) is 12.4. The molecule has 124 valence electrons. The number of rotatable bonds is 8. The number of nitrogens with zero attached hydrogens (tertiary/aromatic N) is 2. The van der Waals surface area contributed by atoms with Crippen molar-refractivity contribution < 1.29 is 0 Å². The SMILES string of the molecule is C=CNC(=C)CCC(C)N(C)/C(C)=N\c1cc(N)ccc1C=C. The zero-order valence-corrected chi connectivity index (χ0v) is 14.5. The Morgan fingerprint density at radius 3 is 2.74 bits per heavy atom. The number of nitrogens with one attached hydrogen (secondary N) is 1. The van der Waals surface area contributed by atoms with Gasteiger partial charge >= 0.3 is 0 Å². The maximum absolute atomic E-state index is 5.86. The molecule has 1 aromatic carbocycles. The highest BCUT2D eigenvalue weighted by molar-refractivity contribution is 5.84. The van der Waals surface area contributed by atoms with Gasteiger partial charge in [0.1, 0.15) is 5.84 Å². The van der Waals surface area contributed by atoms with Crippen LogP contribution < -0.4 is 11.1 Å². The molecule has 0 heterocycles. The van der Waals surface area contributed by atoms with Crippen molar-refractivity contribution in [1.82, 2.24) is 10.2 Å². The number of nitrogen functional groups attached to an aromatic ring is 1. The summed E-state index contributed by atoms with van der Waals surface area (Å²) in [5.74, 6) is 0.938. The van der Waals surface area contributed by atoms with Crippen LogP contribution in [-0.4, -0.2) is 23.8 Å². The third-order valence-corrected chi connectivity index (χ3v) is 3.90. The summed E-state index contributed by atoms with van der Waals surface area (Å²) in [5, 5.41) is 3.03. The molecule has 3 N–H and O–H groups in total. The first-order valence-electron chi connectivity index (χ1n) is 7.74. The molecule has 0 aliphatic carbocycles. The molecular weight excluding hydrogens is 284 g/mol. The van der Waals surface area contributed by atoms with Crippen LogP contribution in [0.1, 0.15) is 32.3 Å². The summed E-state index contributed by atoms with van der Waals surface area (Å²) >= 11 is 0. The van der Waals surface area contributed by atoms with Gasteiger partial charge in [0, 0.05) is 24.5 Å². The van der Waals surface area contributed by atoms with Gasteiger partial charge in [0.15, 0.2) is 0 Å². The summed E-state index contributed by atoms with van der Waals surface area (Å²) in [6.07, 6.45) is 5.31. The van der Waals surface area contributed by atoms with Crippen molar-refractivity contribution in [1.29, 1.82) is 0 Å². The Balaban J connectivity index is 2.80. The first-order valence-corrected chi connectivity index (χ1v) is 7.74. The Kier molecular flexibility index (Phi) is 7.13. The van der Waals surface area contributed by atoms with Gasteiger partial charge in [0.25, 0.3) is 0 Å². The van der Waals surface area contributed by atoms with E-state index in [9.17, 15) is 0 Å². The number of hydrogen-bond acceptors (Lipinski definition) is 3. The van der Waals surface area contributed by atoms with Crippen LogP contribution in [0.4, 0.5) is 11.4 Å². The number of benzene rings is 1. The summed E-state index contributed by atoms with van der Waals surface area (Å²) in [5.41, 5.74) is 9.35. The number of aliphatic imine (C=N–C) groups is 1. The number of allylic oxidation sites excluding steroid dienone is 1. The molecule has 1 atom stereocenters. The Morgan fingerprint density at radius 2 is 2.13 bits per heavy atom. The number of amidine groups is 1. The maximum atomic E-state index is 5.86. The van der Waals surface area contributed by atoms with Crippen LogP contribution in [0, 0.1) is 0 Å². The summed E-state index contributed by atoms with van der Waals surface area (Å²) in [4.78, 5) is 6.88. The predicted molar refractivity (Wildman–Crippen MR) is 103 cm³/mol. The summed E-state index contributed by atoms with van der Waals surface area (Å²) in [7, 11) is 2.05. The molecule has 4 heteroatoms. The smallest absolute Gasteiger partial charge is 0.102 e. The molecule has 23 heavy (non-hydrogen) atoms. The van der Waals surface area contributed by atoms with Crippen molar-refractivity contribution >= 4 is 23.3 Å². The molecule has 0 bridgehead atoms. The minimum Gasteiger partial charge on any atom is -0.399 e. The van der Waals surface area contributed by atoms with Crippen LogP contribution in [0.15, 0.2) is 54.8 Å². The Hall–Kier alpha value is -2.49. The van der Waals surface area contributed by atoms with E-state index in [-0.39, 0.29) is 0 Å². The number of nitrogens with two attached hydrogens (primary N) is 1. The Morgan fingerprint density at radius 1 is 1.43 bits per heavy atom. The Labute approximate surface area is 140 Å². The lowest BCUT2D eigenvalue weighted by Gasteiger charge is -2.27. The Bertz CT molecular complexity index is 601. The van der Waals surface area contributed by atoms with E-state index in [0.717, 1.165) is 35.6 Å². The largest absolute Gasteiger partial charge is 0.399 e. The molecule has 0 radical (unpaired) electrons. The maximum Gasteiger partial charge on any atom is 0.102 e. The van der Waals surface area contributed by atoms with Crippen molar-refractivity contribution in [3.8, 4) is 0 Å². The topological polar surface area (TPSA) is 53.6 Å². The minimum atomic E-state index is 0.343. The third-order valence-electron chi connectivity index (χ3n) is 3.90. The molecular formula is C19H28N4. The predicted octanol–water partition coefficient (Wildman–Crippen LogP) is 4.31. The van der Waals surface area contributed by atoms with Gasteiger partial charge in [-0.1, -0.05) is 31.9 Å². The number of hydrogen-bond donors (Lipinski definition) is 2. The van der Waals surface area contributed by atoms with E-state index < -0.39 is 0 Å². The molecule has 0 aliphatic rings. The van der Waals surface area contributed by atoms with E-state index in [4.69, 9.17) is 10.7 Å². The molecule has 0 aromatic heterocycles. The van der Waals surface area contributed by atoms with Crippen LogP contribution in [0.2, 0.25) is 0 Å². The van der Waals surface area contributed by atoms with Gasteiger partial charge in [-0.05, 0) is 50.6 Å². The fourth-order valence-corrected chi connectivity index (χ4v) is 2.20. The summed E-state index contributed by atoms with van der Waals surface area (Å²) < 4.78 is 0. The second-order valence-electron chi connectivity index (χ2n) is 5.63. The van der Waals surface area contributed by atoms with Gasteiger partial charge in [0.05, 0.1) is 5.69 Å². The highest BCUT2D eigenvalue weighted by Gasteiger charge is 2.11. The average Bonchev–Trinajstić information content (AvgIpc) is 2.52. The summed E-state index contributed by atoms with van der Waals surface area (Å²) in [6, 6.07) is 6.00. The first-order chi connectivity index (χ1) is 10.9. The average molecular weight is 312 g/mol. The molecule has 0 fully saturated rings. The van der Waals surface area contributed by atoms with Crippen molar-refractivity contribution in [3.63, 3.8) is 0 Å². The molecule has 1 unspecified atom stereocenters. The lowest BCUT2D eigenvalue weighted by Crippen LogP contribution is -2.33. The van der Waals surface area contributed by atoms with E-state index in [1.54, 1.807) is 12.3 Å². The van der Waals surface area contributed by atoms with E-state index in [0.29, 0.717) is 11.7 Å². The lowest BCUT2D eigenvalue weighted by atomic mass is 10.1. The van der Waals surface area contributed by atoms with E-state index in [1.165, 1.54) is 0 Å². The molecule has 0 aliphatic heterocycles.